The Labute approximate surface area is 169 Å². The van der Waals surface area contributed by atoms with Gasteiger partial charge in [-0.2, -0.15) is 0 Å². The summed E-state index contributed by atoms with van der Waals surface area (Å²) in [6.07, 6.45) is 1.47. The summed E-state index contributed by atoms with van der Waals surface area (Å²) in [7, 11) is 3.04. The minimum Gasteiger partial charge on any atom is -0.496 e. The number of nitrogens with one attached hydrogen (secondary N) is 1. The molecule has 0 saturated carbocycles. The molecule has 0 radical (unpaired) electrons. The predicted molar refractivity (Wildman–Crippen MR) is 110 cm³/mol. The van der Waals surface area contributed by atoms with Gasteiger partial charge in [0, 0.05) is 11.6 Å². The van der Waals surface area contributed by atoms with Gasteiger partial charge in [-0.15, -0.1) is 0 Å². The molecule has 138 valence electrons. The van der Waals surface area contributed by atoms with Crippen LogP contribution in [0.15, 0.2) is 52.5 Å². The maximum atomic E-state index is 13.0. The normalized spacial score (nSPS) is 15.7. The molecular formula is C19H15BrN2O4S. The van der Waals surface area contributed by atoms with E-state index in [1.165, 1.54) is 25.2 Å². The fourth-order valence-electron chi connectivity index (χ4n) is 2.62. The Morgan fingerprint density at radius 3 is 2.37 bits per heavy atom. The second-order valence-corrected chi connectivity index (χ2v) is 6.76. The number of amides is 2. The highest BCUT2D eigenvalue weighted by atomic mass is 79.9. The molecule has 3 rings (SSSR count). The number of hydrogen-bond donors (Lipinski definition) is 1. The van der Waals surface area contributed by atoms with Gasteiger partial charge in [-0.3, -0.25) is 19.8 Å². The van der Waals surface area contributed by atoms with Crippen LogP contribution in [0, 0.1) is 0 Å². The number of methoxy groups -OCH3 is 2. The van der Waals surface area contributed by atoms with Crippen LogP contribution in [0.2, 0.25) is 0 Å². The molecule has 1 aliphatic rings. The smallest absolute Gasteiger partial charge is 0.270 e. The maximum Gasteiger partial charge on any atom is 0.270 e. The number of thiocarbonyl (C=S) groups is 1. The van der Waals surface area contributed by atoms with Crippen molar-refractivity contribution in [2.24, 2.45) is 0 Å². The topological polar surface area (TPSA) is 67.9 Å². The van der Waals surface area contributed by atoms with E-state index in [1.807, 2.05) is 6.07 Å². The van der Waals surface area contributed by atoms with Crippen LogP contribution in [0.5, 0.6) is 11.5 Å². The Morgan fingerprint density at radius 1 is 1.07 bits per heavy atom. The highest BCUT2D eigenvalue weighted by Gasteiger charge is 2.34. The lowest BCUT2D eigenvalue weighted by atomic mass is 10.1. The van der Waals surface area contributed by atoms with Gasteiger partial charge >= 0.3 is 0 Å². The molecule has 0 bridgehead atoms. The maximum absolute atomic E-state index is 13.0. The molecule has 8 heteroatoms. The Morgan fingerprint density at radius 2 is 1.74 bits per heavy atom. The molecule has 1 aliphatic heterocycles. The molecule has 0 aromatic heterocycles. The average Bonchev–Trinajstić information content (AvgIpc) is 2.66. The number of carbonyl (C=O) groups excluding carboxylic acids is 2. The lowest BCUT2D eigenvalue weighted by Crippen LogP contribution is -2.54. The van der Waals surface area contributed by atoms with Crippen LogP contribution in [0.1, 0.15) is 5.56 Å². The number of anilines is 1. The fourth-order valence-corrected chi connectivity index (χ4v) is 3.42. The Bertz CT molecular complexity index is 960. The molecule has 2 amide bonds. The predicted octanol–water partition coefficient (Wildman–Crippen LogP) is 3.30. The second-order valence-electron chi connectivity index (χ2n) is 5.52. The van der Waals surface area contributed by atoms with Gasteiger partial charge in [0.25, 0.3) is 11.8 Å². The van der Waals surface area contributed by atoms with Crippen molar-refractivity contribution in [3.8, 4) is 11.5 Å². The van der Waals surface area contributed by atoms with E-state index >= 15 is 0 Å². The molecule has 0 unspecified atom stereocenters. The van der Waals surface area contributed by atoms with Crippen molar-refractivity contribution >= 4 is 56.8 Å². The van der Waals surface area contributed by atoms with Gasteiger partial charge in [0.1, 0.15) is 17.1 Å². The standard InChI is InChI=1S/C19H15BrN2O4S/c1-25-15-10-16(26-2)14(20)9-11(15)8-13-17(23)21-19(27)22(18(13)24)12-6-4-3-5-7-12/h3-10H,1-2H3,(H,21,23,27)/b13-8+. The van der Waals surface area contributed by atoms with Crippen LogP contribution in [-0.2, 0) is 9.59 Å². The third kappa shape index (κ3) is 3.72. The molecule has 27 heavy (non-hydrogen) atoms. The highest BCUT2D eigenvalue weighted by Crippen LogP contribution is 2.34. The zero-order chi connectivity index (χ0) is 19.6. The number of hydrogen-bond acceptors (Lipinski definition) is 5. The largest absolute Gasteiger partial charge is 0.496 e. The first kappa shape index (κ1) is 19.1. The summed E-state index contributed by atoms with van der Waals surface area (Å²) in [5, 5.41) is 2.59. The molecular weight excluding hydrogens is 432 g/mol. The molecule has 1 saturated heterocycles. The SMILES string of the molecule is COc1cc(OC)c(/C=C2\C(=O)NC(=S)N(c3ccccc3)C2=O)cc1Br. The quantitative estimate of drug-likeness (QED) is 0.443. The van der Waals surface area contributed by atoms with E-state index in [9.17, 15) is 9.59 Å². The number of benzene rings is 2. The Hall–Kier alpha value is -2.71. The van der Waals surface area contributed by atoms with Crippen LogP contribution in [0.3, 0.4) is 0 Å². The third-order valence-electron chi connectivity index (χ3n) is 3.92. The zero-order valence-corrected chi connectivity index (χ0v) is 16.9. The number of halogens is 1. The average molecular weight is 447 g/mol. The van der Waals surface area contributed by atoms with Crippen molar-refractivity contribution < 1.29 is 19.1 Å². The van der Waals surface area contributed by atoms with Crippen molar-refractivity contribution in [2.45, 2.75) is 0 Å². The summed E-state index contributed by atoms with van der Waals surface area (Å²) in [5.41, 5.74) is 1.06. The summed E-state index contributed by atoms with van der Waals surface area (Å²) in [6.45, 7) is 0. The molecule has 2 aromatic rings. The van der Waals surface area contributed by atoms with Crippen LogP contribution in [-0.4, -0.2) is 31.1 Å². The summed E-state index contributed by atoms with van der Waals surface area (Å²) >= 11 is 8.58. The van der Waals surface area contributed by atoms with E-state index in [0.29, 0.717) is 27.2 Å². The lowest BCUT2D eigenvalue weighted by molar-refractivity contribution is -0.122. The first-order valence-corrected chi connectivity index (χ1v) is 9.04. The lowest BCUT2D eigenvalue weighted by Gasteiger charge is -2.29. The van der Waals surface area contributed by atoms with Crippen LogP contribution in [0.4, 0.5) is 5.69 Å². The van der Waals surface area contributed by atoms with E-state index in [1.54, 1.807) is 36.4 Å². The van der Waals surface area contributed by atoms with Crippen molar-refractivity contribution in [3.63, 3.8) is 0 Å². The molecule has 0 aliphatic carbocycles. The van der Waals surface area contributed by atoms with E-state index in [0.717, 1.165) is 0 Å². The van der Waals surface area contributed by atoms with Gasteiger partial charge < -0.3 is 9.47 Å². The molecule has 1 fully saturated rings. The van der Waals surface area contributed by atoms with Crippen molar-refractivity contribution in [3.05, 3.63) is 58.1 Å². The van der Waals surface area contributed by atoms with Gasteiger partial charge in [-0.05, 0) is 52.4 Å². The highest BCUT2D eigenvalue weighted by molar-refractivity contribution is 9.10. The first-order chi connectivity index (χ1) is 13.0. The molecule has 2 aromatic carbocycles. The number of ether oxygens (including phenoxy) is 2. The van der Waals surface area contributed by atoms with Crippen LogP contribution >= 0.6 is 28.1 Å². The number of nitrogens with zero attached hydrogens (tertiary/aromatic N) is 1. The molecule has 0 spiro atoms. The molecule has 0 atom stereocenters. The molecule has 1 N–H and O–H groups in total. The zero-order valence-electron chi connectivity index (χ0n) is 14.5. The van der Waals surface area contributed by atoms with E-state index in [-0.39, 0.29) is 10.7 Å². The van der Waals surface area contributed by atoms with Gasteiger partial charge in [-0.1, -0.05) is 18.2 Å². The minimum atomic E-state index is -0.564. The van der Waals surface area contributed by atoms with E-state index in [4.69, 9.17) is 21.7 Å². The monoisotopic (exact) mass is 446 g/mol. The van der Waals surface area contributed by atoms with Crippen LogP contribution < -0.4 is 19.7 Å². The number of carbonyl (C=O) groups is 2. The minimum absolute atomic E-state index is 0.0382. The number of para-hydroxylation sites is 1. The molecule has 6 nitrogen and oxygen atoms in total. The van der Waals surface area contributed by atoms with Crippen molar-refractivity contribution in [2.75, 3.05) is 19.1 Å². The van der Waals surface area contributed by atoms with Gasteiger partial charge in [0.15, 0.2) is 5.11 Å². The van der Waals surface area contributed by atoms with Crippen molar-refractivity contribution in [1.29, 1.82) is 0 Å². The summed E-state index contributed by atoms with van der Waals surface area (Å²) < 4.78 is 11.3. The third-order valence-corrected chi connectivity index (χ3v) is 4.82. The van der Waals surface area contributed by atoms with Gasteiger partial charge in [0.2, 0.25) is 0 Å². The van der Waals surface area contributed by atoms with E-state index < -0.39 is 11.8 Å². The summed E-state index contributed by atoms with van der Waals surface area (Å²) in [6, 6.07) is 12.3. The Balaban J connectivity index is 2.07. The Kier molecular flexibility index (Phi) is 5.57. The summed E-state index contributed by atoms with van der Waals surface area (Å²) in [5.74, 6) is -0.0433. The van der Waals surface area contributed by atoms with Gasteiger partial charge in [0.05, 0.1) is 24.4 Å². The second kappa shape index (κ2) is 7.89. The van der Waals surface area contributed by atoms with Crippen LogP contribution in [0.25, 0.3) is 6.08 Å². The van der Waals surface area contributed by atoms with Crippen molar-refractivity contribution in [1.82, 2.24) is 5.32 Å². The van der Waals surface area contributed by atoms with E-state index in [2.05, 4.69) is 21.2 Å². The summed E-state index contributed by atoms with van der Waals surface area (Å²) in [4.78, 5) is 26.7. The molecule has 1 heterocycles. The van der Waals surface area contributed by atoms with Gasteiger partial charge in [-0.25, -0.2) is 0 Å². The fraction of sp³-hybridized carbons (Fsp3) is 0.105. The first-order valence-electron chi connectivity index (χ1n) is 7.84. The number of rotatable bonds is 4.